The molecule has 5 N–H and O–H groups in total. The third-order valence-corrected chi connectivity index (χ3v) is 2.00. The van der Waals surface area contributed by atoms with Gasteiger partial charge in [-0.25, -0.2) is 0 Å². The Kier molecular flexibility index (Phi) is 7.21. The van der Waals surface area contributed by atoms with Gasteiger partial charge in [0.05, 0.1) is 0 Å². The summed E-state index contributed by atoms with van der Waals surface area (Å²) in [6.45, 7) is 4.56. The molecule has 0 aromatic rings. The molecule has 0 spiro atoms. The highest BCUT2D eigenvalue weighted by molar-refractivity contribution is 5.85. The van der Waals surface area contributed by atoms with Crippen molar-refractivity contribution in [1.29, 1.82) is 0 Å². The van der Waals surface area contributed by atoms with E-state index in [2.05, 4.69) is 0 Å². The van der Waals surface area contributed by atoms with Crippen LogP contribution < -0.4 is 11.5 Å². The second kappa shape index (κ2) is 6.18. The van der Waals surface area contributed by atoms with E-state index in [0.717, 1.165) is 6.42 Å². The van der Waals surface area contributed by atoms with Gasteiger partial charge in [-0.3, -0.25) is 4.79 Å². The van der Waals surface area contributed by atoms with Crippen molar-refractivity contribution in [1.82, 2.24) is 0 Å². The van der Waals surface area contributed by atoms with Crippen LogP contribution in [0.1, 0.15) is 26.7 Å². The van der Waals surface area contributed by atoms with Crippen molar-refractivity contribution in [3.05, 3.63) is 0 Å². The molecule has 0 heterocycles. The lowest BCUT2D eigenvalue weighted by molar-refractivity contribution is -0.138. The van der Waals surface area contributed by atoms with E-state index in [1.165, 1.54) is 0 Å². The summed E-state index contributed by atoms with van der Waals surface area (Å²) in [5.74, 6) is -0.942. The maximum Gasteiger partial charge on any atom is 0.320 e. The summed E-state index contributed by atoms with van der Waals surface area (Å²) < 4.78 is 0. The molecule has 0 amide bonds. The fourth-order valence-electron chi connectivity index (χ4n) is 0.772. The van der Waals surface area contributed by atoms with Crippen molar-refractivity contribution < 1.29 is 9.90 Å². The van der Waals surface area contributed by atoms with Gasteiger partial charge < -0.3 is 16.6 Å². The first-order chi connectivity index (χ1) is 5.39. The number of rotatable bonds is 5. The minimum atomic E-state index is -0.942. The normalized spacial score (nSPS) is 13.2. The summed E-state index contributed by atoms with van der Waals surface area (Å²) in [6.07, 6.45) is 1.23. The van der Waals surface area contributed by atoms with Gasteiger partial charge in [-0.2, -0.15) is 0 Å². The summed E-state index contributed by atoms with van der Waals surface area (Å²) in [6, 6.07) is -0.754. The maximum atomic E-state index is 10.3. The molecule has 1 unspecified atom stereocenters. The summed E-state index contributed by atoms with van der Waals surface area (Å²) in [4.78, 5) is 10.3. The van der Waals surface area contributed by atoms with Crippen LogP contribution in [0.3, 0.4) is 0 Å². The molecule has 0 aliphatic carbocycles. The fourth-order valence-corrected chi connectivity index (χ4v) is 0.772. The van der Waals surface area contributed by atoms with E-state index in [9.17, 15) is 4.79 Å². The molecule has 0 aromatic heterocycles. The molecular formula is C8H19ClN2O2. The Bertz CT molecular complexity index is 162. The first-order valence-corrected chi connectivity index (χ1v) is 4.07. The van der Waals surface area contributed by atoms with E-state index in [4.69, 9.17) is 16.6 Å². The molecular weight excluding hydrogens is 192 g/mol. The van der Waals surface area contributed by atoms with Crippen LogP contribution in [0.4, 0.5) is 0 Å². The Morgan fingerprint density at radius 2 is 2.00 bits per heavy atom. The zero-order valence-electron chi connectivity index (χ0n) is 8.12. The fraction of sp³-hybridized carbons (Fsp3) is 0.875. The van der Waals surface area contributed by atoms with Crippen molar-refractivity contribution in [3.63, 3.8) is 0 Å². The van der Waals surface area contributed by atoms with Crippen LogP contribution in [0.2, 0.25) is 0 Å². The van der Waals surface area contributed by atoms with Gasteiger partial charge in [0, 0.05) is 0 Å². The Labute approximate surface area is 85.1 Å². The Balaban J connectivity index is 0. The van der Waals surface area contributed by atoms with Gasteiger partial charge >= 0.3 is 5.97 Å². The average molecular weight is 211 g/mol. The lowest BCUT2D eigenvalue weighted by Gasteiger charge is -2.22. The van der Waals surface area contributed by atoms with Crippen molar-refractivity contribution in [3.8, 4) is 0 Å². The quantitative estimate of drug-likeness (QED) is 0.620. The molecule has 13 heavy (non-hydrogen) atoms. The van der Waals surface area contributed by atoms with Gasteiger partial charge in [-0.15, -0.1) is 12.4 Å². The molecule has 5 heteroatoms. The number of halogens is 1. The zero-order chi connectivity index (χ0) is 9.78. The molecule has 4 nitrogen and oxygen atoms in total. The number of nitrogens with two attached hydrogens (primary N) is 2. The molecule has 1 atom stereocenters. The van der Waals surface area contributed by atoms with Gasteiger partial charge in [0.25, 0.3) is 0 Å². The molecule has 0 aliphatic heterocycles. The largest absolute Gasteiger partial charge is 0.480 e. The lowest BCUT2D eigenvalue weighted by atomic mass is 9.86. The first-order valence-electron chi connectivity index (χ1n) is 4.07. The smallest absolute Gasteiger partial charge is 0.320 e. The number of hydrogen-bond acceptors (Lipinski definition) is 3. The summed E-state index contributed by atoms with van der Waals surface area (Å²) >= 11 is 0. The summed E-state index contributed by atoms with van der Waals surface area (Å²) in [5.41, 5.74) is 10.8. The zero-order valence-corrected chi connectivity index (χ0v) is 8.93. The Morgan fingerprint density at radius 3 is 2.31 bits per heavy atom. The lowest BCUT2D eigenvalue weighted by Crippen LogP contribution is -2.33. The van der Waals surface area contributed by atoms with Gasteiger partial charge in [0.2, 0.25) is 0 Å². The SMILES string of the molecule is CC(C)(CN)CCC(N)C(=O)O.Cl. The van der Waals surface area contributed by atoms with E-state index in [0.29, 0.717) is 13.0 Å². The third-order valence-electron chi connectivity index (χ3n) is 2.00. The summed E-state index contributed by atoms with van der Waals surface area (Å²) in [5, 5.41) is 8.50. The van der Waals surface area contributed by atoms with Crippen molar-refractivity contribution >= 4 is 18.4 Å². The highest BCUT2D eigenvalue weighted by Crippen LogP contribution is 2.20. The van der Waals surface area contributed by atoms with Crippen LogP contribution in [0.5, 0.6) is 0 Å². The van der Waals surface area contributed by atoms with E-state index in [1.807, 2.05) is 13.8 Å². The monoisotopic (exact) mass is 210 g/mol. The van der Waals surface area contributed by atoms with E-state index in [1.54, 1.807) is 0 Å². The molecule has 0 saturated carbocycles. The molecule has 0 fully saturated rings. The average Bonchev–Trinajstić information content (AvgIpc) is 2.00. The van der Waals surface area contributed by atoms with Crippen molar-refractivity contribution in [2.75, 3.05) is 6.54 Å². The van der Waals surface area contributed by atoms with Gasteiger partial charge in [0.15, 0.2) is 0 Å². The molecule has 0 aromatic carbocycles. The standard InChI is InChI=1S/C8H18N2O2.ClH/c1-8(2,5-9)4-3-6(10)7(11)12;/h6H,3-5,9-10H2,1-2H3,(H,11,12);1H. The highest BCUT2D eigenvalue weighted by Gasteiger charge is 2.19. The predicted molar refractivity (Wildman–Crippen MR) is 54.9 cm³/mol. The molecule has 0 saturated heterocycles. The molecule has 0 bridgehead atoms. The first kappa shape index (κ1) is 15.2. The molecule has 0 rings (SSSR count). The van der Waals surface area contributed by atoms with Crippen LogP contribution in [0.25, 0.3) is 0 Å². The van der Waals surface area contributed by atoms with E-state index >= 15 is 0 Å². The molecule has 0 radical (unpaired) electrons. The molecule has 80 valence electrons. The topological polar surface area (TPSA) is 89.3 Å². The number of hydrogen-bond donors (Lipinski definition) is 3. The Morgan fingerprint density at radius 1 is 1.54 bits per heavy atom. The van der Waals surface area contributed by atoms with Crippen molar-refractivity contribution in [2.45, 2.75) is 32.7 Å². The highest BCUT2D eigenvalue weighted by atomic mass is 35.5. The third kappa shape index (κ3) is 6.81. The Hall–Kier alpha value is -0.320. The number of carboxylic acid groups (broad SMARTS) is 1. The minimum Gasteiger partial charge on any atom is -0.480 e. The predicted octanol–water partition coefficient (Wildman–Crippen LogP) is 0.585. The number of carboxylic acids is 1. The molecule has 0 aliphatic rings. The second-order valence-electron chi connectivity index (χ2n) is 3.85. The van der Waals surface area contributed by atoms with Crippen LogP contribution in [0.15, 0.2) is 0 Å². The number of aliphatic carboxylic acids is 1. The summed E-state index contributed by atoms with van der Waals surface area (Å²) in [7, 11) is 0. The van der Waals surface area contributed by atoms with Gasteiger partial charge in [-0.05, 0) is 24.8 Å². The maximum absolute atomic E-state index is 10.3. The number of carbonyl (C=O) groups is 1. The minimum absolute atomic E-state index is 0. The van der Waals surface area contributed by atoms with Crippen molar-refractivity contribution in [2.24, 2.45) is 16.9 Å². The van der Waals surface area contributed by atoms with Gasteiger partial charge in [0.1, 0.15) is 6.04 Å². The van der Waals surface area contributed by atoms with Crippen LogP contribution in [-0.2, 0) is 4.79 Å². The van der Waals surface area contributed by atoms with Crippen LogP contribution in [-0.4, -0.2) is 23.7 Å². The van der Waals surface area contributed by atoms with Crippen LogP contribution >= 0.6 is 12.4 Å². The van der Waals surface area contributed by atoms with E-state index in [-0.39, 0.29) is 17.8 Å². The second-order valence-corrected chi connectivity index (χ2v) is 3.85. The van der Waals surface area contributed by atoms with Gasteiger partial charge in [-0.1, -0.05) is 13.8 Å². The van der Waals surface area contributed by atoms with Crippen LogP contribution in [0, 0.1) is 5.41 Å². The van der Waals surface area contributed by atoms with E-state index < -0.39 is 12.0 Å².